The molecule has 0 aliphatic heterocycles. The van der Waals surface area contributed by atoms with Gasteiger partial charge in [0.1, 0.15) is 0 Å². The quantitative estimate of drug-likeness (QED) is 0.644. The predicted octanol–water partition coefficient (Wildman–Crippen LogP) is 1.70. The Balaban J connectivity index is 3.30. The largest absolute Gasteiger partial charge is 0.466 e. The van der Waals surface area contributed by atoms with Crippen molar-refractivity contribution in [2.45, 2.75) is 46.1 Å². The Morgan fingerprint density at radius 3 is 2.38 bits per heavy atom. The van der Waals surface area contributed by atoms with Crippen LogP contribution in [0.15, 0.2) is 0 Å². The SMILES string of the molecule is CC(C)CCOC(=O)CCC(C)N. The van der Waals surface area contributed by atoms with Gasteiger partial charge in [0.15, 0.2) is 0 Å². The van der Waals surface area contributed by atoms with Gasteiger partial charge < -0.3 is 10.5 Å². The van der Waals surface area contributed by atoms with Gasteiger partial charge >= 0.3 is 5.97 Å². The van der Waals surface area contributed by atoms with Crippen molar-refractivity contribution >= 4 is 5.97 Å². The molecule has 0 aromatic heterocycles. The van der Waals surface area contributed by atoms with E-state index in [0.29, 0.717) is 25.4 Å². The summed E-state index contributed by atoms with van der Waals surface area (Å²) < 4.78 is 5.01. The van der Waals surface area contributed by atoms with E-state index in [1.165, 1.54) is 0 Å². The Kier molecular flexibility index (Phi) is 6.59. The van der Waals surface area contributed by atoms with E-state index in [1.54, 1.807) is 0 Å². The molecule has 0 amide bonds. The molecule has 2 N–H and O–H groups in total. The van der Waals surface area contributed by atoms with Gasteiger partial charge in [-0.3, -0.25) is 4.79 Å². The van der Waals surface area contributed by atoms with Crippen molar-refractivity contribution in [2.75, 3.05) is 6.61 Å². The van der Waals surface area contributed by atoms with Crippen LogP contribution < -0.4 is 5.73 Å². The minimum atomic E-state index is -0.127. The molecule has 0 aromatic carbocycles. The minimum absolute atomic E-state index is 0.0812. The Labute approximate surface area is 80.6 Å². The lowest BCUT2D eigenvalue weighted by atomic mass is 10.1. The van der Waals surface area contributed by atoms with Crippen LogP contribution in [0, 0.1) is 5.92 Å². The van der Waals surface area contributed by atoms with Crippen LogP contribution in [0.1, 0.15) is 40.0 Å². The zero-order valence-corrected chi connectivity index (χ0v) is 8.88. The average Bonchev–Trinajstić information content (AvgIpc) is 2.00. The van der Waals surface area contributed by atoms with Crippen LogP contribution in [0.25, 0.3) is 0 Å². The molecule has 3 heteroatoms. The van der Waals surface area contributed by atoms with Gasteiger partial charge in [0.05, 0.1) is 6.61 Å². The topological polar surface area (TPSA) is 52.3 Å². The summed E-state index contributed by atoms with van der Waals surface area (Å²) in [5, 5.41) is 0. The second-order valence-corrected chi connectivity index (χ2v) is 3.92. The number of hydrogen-bond acceptors (Lipinski definition) is 3. The molecule has 0 aliphatic rings. The van der Waals surface area contributed by atoms with Gasteiger partial charge in [-0.1, -0.05) is 13.8 Å². The second kappa shape index (κ2) is 6.89. The fourth-order valence-corrected chi connectivity index (χ4v) is 0.826. The van der Waals surface area contributed by atoms with Gasteiger partial charge in [-0.05, 0) is 25.7 Å². The van der Waals surface area contributed by atoms with E-state index >= 15 is 0 Å². The van der Waals surface area contributed by atoms with Crippen LogP contribution in [-0.4, -0.2) is 18.6 Å². The summed E-state index contributed by atoms with van der Waals surface area (Å²) in [6.07, 6.45) is 2.08. The lowest BCUT2D eigenvalue weighted by molar-refractivity contribution is -0.144. The van der Waals surface area contributed by atoms with Crippen molar-refractivity contribution < 1.29 is 9.53 Å². The van der Waals surface area contributed by atoms with E-state index in [-0.39, 0.29) is 12.0 Å². The Bertz CT molecular complexity index is 144. The third kappa shape index (κ3) is 9.34. The van der Waals surface area contributed by atoms with Gasteiger partial charge in [-0.15, -0.1) is 0 Å². The summed E-state index contributed by atoms with van der Waals surface area (Å²) in [7, 11) is 0. The smallest absolute Gasteiger partial charge is 0.305 e. The Hall–Kier alpha value is -0.570. The number of nitrogens with two attached hydrogens (primary N) is 1. The molecule has 1 atom stereocenters. The minimum Gasteiger partial charge on any atom is -0.466 e. The highest BCUT2D eigenvalue weighted by atomic mass is 16.5. The summed E-state index contributed by atoms with van der Waals surface area (Å²) in [6, 6.07) is 0.0812. The molecule has 0 aromatic rings. The van der Waals surface area contributed by atoms with E-state index in [0.717, 1.165) is 6.42 Å². The van der Waals surface area contributed by atoms with Crippen LogP contribution in [0.5, 0.6) is 0 Å². The zero-order chi connectivity index (χ0) is 10.3. The van der Waals surface area contributed by atoms with E-state index in [9.17, 15) is 4.79 Å². The lowest BCUT2D eigenvalue weighted by Gasteiger charge is -2.07. The van der Waals surface area contributed by atoms with Crippen molar-refractivity contribution in [3.63, 3.8) is 0 Å². The molecular formula is C10H21NO2. The summed E-state index contributed by atoms with van der Waals surface area (Å²) in [5.41, 5.74) is 5.51. The number of hydrogen-bond donors (Lipinski definition) is 1. The van der Waals surface area contributed by atoms with E-state index < -0.39 is 0 Å². The standard InChI is InChI=1S/C10H21NO2/c1-8(2)6-7-13-10(12)5-4-9(3)11/h8-9H,4-7,11H2,1-3H3. The Morgan fingerprint density at radius 2 is 1.92 bits per heavy atom. The molecule has 1 unspecified atom stereocenters. The zero-order valence-electron chi connectivity index (χ0n) is 8.88. The van der Waals surface area contributed by atoms with E-state index in [4.69, 9.17) is 10.5 Å². The summed E-state index contributed by atoms with van der Waals surface area (Å²) in [6.45, 7) is 6.64. The van der Waals surface area contributed by atoms with Crippen LogP contribution in [0.3, 0.4) is 0 Å². The van der Waals surface area contributed by atoms with E-state index in [1.807, 2.05) is 6.92 Å². The highest BCUT2D eigenvalue weighted by Gasteiger charge is 2.04. The molecule has 0 spiro atoms. The van der Waals surface area contributed by atoms with Crippen LogP contribution in [-0.2, 0) is 9.53 Å². The molecule has 0 aliphatic carbocycles. The van der Waals surface area contributed by atoms with Crippen molar-refractivity contribution in [3.05, 3.63) is 0 Å². The summed E-state index contributed by atoms with van der Waals surface area (Å²) in [5.74, 6) is 0.458. The molecule has 0 radical (unpaired) electrons. The normalized spacial score (nSPS) is 13.0. The van der Waals surface area contributed by atoms with Crippen molar-refractivity contribution in [3.8, 4) is 0 Å². The maximum atomic E-state index is 11.1. The monoisotopic (exact) mass is 187 g/mol. The number of carbonyl (C=O) groups is 1. The lowest BCUT2D eigenvalue weighted by Crippen LogP contribution is -2.17. The van der Waals surface area contributed by atoms with Gasteiger partial charge in [0.25, 0.3) is 0 Å². The molecule has 0 saturated carbocycles. The number of carbonyl (C=O) groups excluding carboxylic acids is 1. The Morgan fingerprint density at radius 1 is 1.31 bits per heavy atom. The molecular weight excluding hydrogens is 166 g/mol. The molecule has 13 heavy (non-hydrogen) atoms. The maximum Gasteiger partial charge on any atom is 0.305 e. The molecule has 78 valence electrons. The van der Waals surface area contributed by atoms with Gasteiger partial charge in [-0.2, -0.15) is 0 Å². The summed E-state index contributed by atoms with van der Waals surface area (Å²) in [4.78, 5) is 11.1. The first-order chi connectivity index (χ1) is 6.02. The molecule has 0 saturated heterocycles. The van der Waals surface area contributed by atoms with Crippen LogP contribution >= 0.6 is 0 Å². The molecule has 0 heterocycles. The first-order valence-electron chi connectivity index (χ1n) is 4.93. The number of ether oxygens (including phenoxy) is 1. The highest BCUT2D eigenvalue weighted by Crippen LogP contribution is 2.01. The van der Waals surface area contributed by atoms with Gasteiger partial charge in [-0.25, -0.2) is 0 Å². The molecule has 0 rings (SSSR count). The van der Waals surface area contributed by atoms with E-state index in [2.05, 4.69) is 13.8 Å². The number of rotatable bonds is 6. The van der Waals surface area contributed by atoms with Gasteiger partial charge in [0, 0.05) is 12.5 Å². The maximum absolute atomic E-state index is 11.1. The average molecular weight is 187 g/mol. The fraction of sp³-hybridized carbons (Fsp3) is 0.900. The second-order valence-electron chi connectivity index (χ2n) is 3.92. The third-order valence-corrected chi connectivity index (χ3v) is 1.76. The fourth-order valence-electron chi connectivity index (χ4n) is 0.826. The molecule has 0 fully saturated rings. The van der Waals surface area contributed by atoms with Crippen molar-refractivity contribution in [2.24, 2.45) is 11.7 Å². The van der Waals surface area contributed by atoms with Crippen LogP contribution in [0.4, 0.5) is 0 Å². The summed E-state index contributed by atoms with van der Waals surface area (Å²) >= 11 is 0. The van der Waals surface area contributed by atoms with Crippen molar-refractivity contribution in [1.29, 1.82) is 0 Å². The van der Waals surface area contributed by atoms with Crippen LogP contribution in [0.2, 0.25) is 0 Å². The molecule has 0 bridgehead atoms. The first-order valence-corrected chi connectivity index (χ1v) is 4.93. The highest BCUT2D eigenvalue weighted by molar-refractivity contribution is 5.69. The van der Waals surface area contributed by atoms with Crippen molar-refractivity contribution in [1.82, 2.24) is 0 Å². The third-order valence-electron chi connectivity index (χ3n) is 1.76. The molecule has 3 nitrogen and oxygen atoms in total. The number of esters is 1. The van der Waals surface area contributed by atoms with Gasteiger partial charge in [0.2, 0.25) is 0 Å². The predicted molar refractivity (Wildman–Crippen MR) is 53.3 cm³/mol. The first kappa shape index (κ1) is 12.4.